The van der Waals surface area contributed by atoms with Gasteiger partial charge in [0.05, 0.1) is 5.02 Å². The largest absolute Gasteiger partial charge is 0.480 e. The van der Waals surface area contributed by atoms with Crippen LogP contribution in [-0.2, 0) is 9.59 Å². The zero-order chi connectivity index (χ0) is 17.4. The molecule has 0 amide bonds. The Morgan fingerprint density at radius 3 is 2.72 bits per heavy atom. The number of aliphatic carboxylic acids is 1. The van der Waals surface area contributed by atoms with Gasteiger partial charge in [0.1, 0.15) is 10.8 Å². The van der Waals surface area contributed by atoms with E-state index in [2.05, 4.69) is 6.92 Å². The molecule has 2 unspecified atom stereocenters. The number of halogens is 2. The summed E-state index contributed by atoms with van der Waals surface area (Å²) in [5.41, 5.74) is 2.81. The van der Waals surface area contributed by atoms with Crippen molar-refractivity contribution in [2.45, 2.75) is 38.5 Å². The second kappa shape index (κ2) is 8.87. The molecule has 0 spiro atoms. The fourth-order valence-corrected chi connectivity index (χ4v) is 4.33. The average molecular weight is 408 g/mol. The van der Waals surface area contributed by atoms with Gasteiger partial charge in [-0.05, 0) is 48.0 Å². The van der Waals surface area contributed by atoms with Gasteiger partial charge in [-0.15, -0.1) is 0 Å². The van der Waals surface area contributed by atoms with Crippen molar-refractivity contribution < 1.29 is 19.4 Å². The number of benzene rings is 1. The number of rotatable bonds is 5. The van der Waals surface area contributed by atoms with Crippen molar-refractivity contribution in [3.63, 3.8) is 0 Å². The van der Waals surface area contributed by atoms with Crippen molar-refractivity contribution >= 4 is 91.9 Å². The molecule has 2 aliphatic rings. The van der Waals surface area contributed by atoms with Gasteiger partial charge < -0.3 is 9.84 Å². The monoisotopic (exact) mass is 407 g/mol. The molecule has 25 heavy (non-hydrogen) atoms. The Morgan fingerprint density at radius 1 is 1.36 bits per heavy atom. The minimum atomic E-state index is -1.07. The van der Waals surface area contributed by atoms with Gasteiger partial charge in [0.2, 0.25) is 0 Å². The molecule has 0 aromatic heterocycles. The van der Waals surface area contributed by atoms with Crippen LogP contribution in [0.4, 0.5) is 0 Å². The Balaban J connectivity index is 0.00000225. The molecule has 0 saturated carbocycles. The number of carbonyl (C=O) groups excluding carboxylic acids is 1. The number of carboxylic acids is 1. The van der Waals surface area contributed by atoms with E-state index < -0.39 is 12.6 Å². The maximum absolute atomic E-state index is 11.9. The molecule has 4 nitrogen and oxygen atoms in total. The Bertz CT molecular complexity index is 745. The van der Waals surface area contributed by atoms with Gasteiger partial charge in [0, 0.05) is 63.4 Å². The zero-order valence-corrected chi connectivity index (χ0v) is 18.9. The molecule has 0 heterocycles. The van der Waals surface area contributed by atoms with E-state index in [9.17, 15) is 9.59 Å². The molecular formula is C18H18Cl2KO4. The van der Waals surface area contributed by atoms with Gasteiger partial charge in [-0.2, -0.15) is 0 Å². The maximum atomic E-state index is 11.9. The Morgan fingerprint density at radius 2 is 2.08 bits per heavy atom. The summed E-state index contributed by atoms with van der Waals surface area (Å²) in [5.74, 6) is -0.153. The Hall–Kier alpha value is 0.116. The third-order valence-electron chi connectivity index (χ3n) is 4.75. The van der Waals surface area contributed by atoms with Crippen molar-refractivity contribution in [3.8, 4) is 5.75 Å². The van der Waals surface area contributed by atoms with Gasteiger partial charge in [0.15, 0.2) is 12.4 Å². The van der Waals surface area contributed by atoms with Crippen molar-refractivity contribution in [2.75, 3.05) is 6.61 Å². The SMILES string of the molecule is CCCC1c2cc(OCC(=O)O)c(Cl)c(Cl)c2C2=CC(=O)CCC21.[K]. The van der Waals surface area contributed by atoms with E-state index in [0.29, 0.717) is 11.4 Å². The van der Waals surface area contributed by atoms with Gasteiger partial charge in [-0.1, -0.05) is 36.5 Å². The van der Waals surface area contributed by atoms with E-state index in [1.807, 2.05) is 0 Å². The summed E-state index contributed by atoms with van der Waals surface area (Å²) in [6.45, 7) is 1.65. The Labute approximate surface area is 199 Å². The minimum absolute atomic E-state index is 0. The predicted molar refractivity (Wildman–Crippen MR) is 98.7 cm³/mol. The van der Waals surface area contributed by atoms with E-state index in [-0.39, 0.29) is 79.8 Å². The van der Waals surface area contributed by atoms with Crippen LogP contribution in [-0.4, -0.2) is 74.9 Å². The fraction of sp³-hybridized carbons (Fsp3) is 0.444. The first-order chi connectivity index (χ1) is 11.4. The molecule has 3 rings (SSSR count). The van der Waals surface area contributed by atoms with Crippen molar-refractivity contribution in [1.29, 1.82) is 0 Å². The van der Waals surface area contributed by atoms with Gasteiger partial charge in [-0.25, -0.2) is 4.79 Å². The molecule has 0 aliphatic heterocycles. The number of ketones is 1. The van der Waals surface area contributed by atoms with Gasteiger partial charge in [0.25, 0.3) is 0 Å². The van der Waals surface area contributed by atoms with E-state index in [4.69, 9.17) is 33.0 Å². The van der Waals surface area contributed by atoms with Crippen LogP contribution in [0.3, 0.4) is 0 Å². The smallest absolute Gasteiger partial charge is 0.341 e. The zero-order valence-electron chi connectivity index (χ0n) is 14.3. The summed E-state index contributed by atoms with van der Waals surface area (Å²) in [6.07, 6.45) is 5.04. The van der Waals surface area contributed by atoms with Crippen LogP contribution in [0.1, 0.15) is 49.7 Å². The van der Waals surface area contributed by atoms with E-state index >= 15 is 0 Å². The number of carboxylic acid groups (broad SMARTS) is 1. The molecule has 2 aliphatic carbocycles. The third kappa shape index (κ3) is 4.18. The van der Waals surface area contributed by atoms with Crippen molar-refractivity contribution in [1.82, 2.24) is 0 Å². The van der Waals surface area contributed by atoms with Gasteiger partial charge in [-0.3, -0.25) is 4.79 Å². The molecule has 1 aromatic carbocycles. The van der Waals surface area contributed by atoms with E-state index in [1.54, 1.807) is 12.1 Å². The molecule has 2 atom stereocenters. The van der Waals surface area contributed by atoms with Crippen LogP contribution in [0.2, 0.25) is 10.0 Å². The first-order valence-electron chi connectivity index (χ1n) is 8.05. The summed E-state index contributed by atoms with van der Waals surface area (Å²) < 4.78 is 5.30. The standard InChI is InChI=1S/C18H18Cl2O4.K/c1-2-3-10-11-5-4-9(21)6-12(11)16-13(10)7-14(17(19)18(16)20)24-8-15(22)23;/h6-7,10-11H,2-5,8H2,1H3,(H,22,23);. The first kappa shape index (κ1) is 21.4. The number of allylic oxidation sites excluding steroid dienone is 2. The topological polar surface area (TPSA) is 63.6 Å². The predicted octanol–water partition coefficient (Wildman–Crippen LogP) is 4.34. The molecule has 0 saturated heterocycles. The van der Waals surface area contributed by atoms with Crippen LogP contribution in [0.5, 0.6) is 5.75 Å². The molecule has 1 radical (unpaired) electrons. The summed E-state index contributed by atoms with van der Waals surface area (Å²) in [4.78, 5) is 22.6. The number of ether oxygens (including phenoxy) is 1. The number of hydrogen-bond donors (Lipinski definition) is 1. The van der Waals surface area contributed by atoms with Crippen LogP contribution >= 0.6 is 23.2 Å². The molecule has 129 valence electrons. The van der Waals surface area contributed by atoms with Crippen LogP contribution < -0.4 is 4.74 Å². The molecule has 7 heteroatoms. The second-order valence-corrected chi connectivity index (χ2v) is 7.01. The first-order valence-corrected chi connectivity index (χ1v) is 8.80. The molecule has 1 aromatic rings. The van der Waals surface area contributed by atoms with Crippen molar-refractivity contribution in [3.05, 3.63) is 33.3 Å². The van der Waals surface area contributed by atoms with Gasteiger partial charge >= 0.3 is 5.97 Å². The number of carbonyl (C=O) groups is 2. The van der Waals surface area contributed by atoms with E-state index in [0.717, 1.165) is 36.0 Å². The minimum Gasteiger partial charge on any atom is -0.480 e. The molecule has 1 N–H and O–H groups in total. The summed E-state index contributed by atoms with van der Waals surface area (Å²) in [7, 11) is 0. The summed E-state index contributed by atoms with van der Waals surface area (Å²) in [6, 6.07) is 1.80. The number of fused-ring (bicyclic) bond motifs is 3. The summed E-state index contributed by atoms with van der Waals surface area (Å²) in [5, 5.41) is 9.36. The average Bonchev–Trinajstić information content (AvgIpc) is 2.83. The third-order valence-corrected chi connectivity index (χ3v) is 5.60. The van der Waals surface area contributed by atoms with Crippen molar-refractivity contribution in [2.24, 2.45) is 5.92 Å². The van der Waals surface area contributed by atoms with Crippen LogP contribution in [0.25, 0.3) is 5.57 Å². The molecular weight excluding hydrogens is 390 g/mol. The van der Waals surface area contributed by atoms with Crippen LogP contribution in [0, 0.1) is 5.92 Å². The number of hydrogen-bond acceptors (Lipinski definition) is 3. The fourth-order valence-electron chi connectivity index (χ4n) is 3.82. The second-order valence-electron chi connectivity index (χ2n) is 6.26. The Kier molecular flexibility index (Phi) is 7.60. The maximum Gasteiger partial charge on any atom is 0.341 e. The quantitative estimate of drug-likeness (QED) is 0.737. The van der Waals surface area contributed by atoms with Crippen LogP contribution in [0.15, 0.2) is 12.1 Å². The molecule has 0 fully saturated rings. The molecule has 0 bridgehead atoms. The van der Waals surface area contributed by atoms with E-state index in [1.165, 1.54) is 0 Å². The summed E-state index contributed by atoms with van der Waals surface area (Å²) >= 11 is 12.8. The normalized spacial score (nSPS) is 21.1.